The summed E-state index contributed by atoms with van der Waals surface area (Å²) in [6.45, 7) is 2.01. The smallest absolute Gasteiger partial charge is 0.281 e. The van der Waals surface area contributed by atoms with Crippen LogP contribution >= 0.6 is 0 Å². The number of aliphatic hydroxyl groups excluding tert-OH is 1. The average molecular weight is 268 g/mol. The van der Waals surface area contributed by atoms with Crippen LogP contribution in [0.3, 0.4) is 0 Å². The van der Waals surface area contributed by atoms with E-state index in [9.17, 15) is 5.11 Å². The molecule has 0 fully saturated rings. The fraction of sp³-hybridized carbons (Fsp3) is 0.294. The summed E-state index contributed by atoms with van der Waals surface area (Å²) in [5.74, 6) is 0.564. The average Bonchev–Trinajstić information content (AvgIpc) is 2.72. The Morgan fingerprint density at radius 3 is 2.80 bits per heavy atom. The lowest BCUT2D eigenvalue weighted by molar-refractivity contribution is -0.179. The number of para-hydroxylation sites is 1. The van der Waals surface area contributed by atoms with Gasteiger partial charge < -0.3 is 14.6 Å². The maximum atomic E-state index is 10.7. The van der Waals surface area contributed by atoms with Crippen molar-refractivity contribution < 1.29 is 14.6 Å². The Kier molecular flexibility index (Phi) is 2.36. The van der Waals surface area contributed by atoms with Crippen LogP contribution < -0.4 is 9.47 Å². The first kappa shape index (κ1) is 11.8. The molecule has 2 aromatic rings. The van der Waals surface area contributed by atoms with Crippen LogP contribution in [0.5, 0.6) is 11.5 Å². The first-order chi connectivity index (χ1) is 9.68. The lowest BCUT2D eigenvalue weighted by atomic mass is 9.93. The molecule has 2 atom stereocenters. The van der Waals surface area contributed by atoms with Gasteiger partial charge in [-0.05, 0) is 37.1 Å². The zero-order valence-electron chi connectivity index (χ0n) is 11.3. The summed E-state index contributed by atoms with van der Waals surface area (Å²) in [7, 11) is 0. The molecule has 0 aliphatic carbocycles. The minimum atomic E-state index is -0.968. The lowest BCUT2D eigenvalue weighted by Gasteiger charge is -2.36. The molecule has 2 aromatic carbocycles. The van der Waals surface area contributed by atoms with Gasteiger partial charge in [-0.3, -0.25) is 0 Å². The van der Waals surface area contributed by atoms with Gasteiger partial charge in [0.05, 0.1) is 0 Å². The highest BCUT2D eigenvalue weighted by atomic mass is 16.7. The molecule has 1 N–H and O–H groups in total. The van der Waals surface area contributed by atoms with Crippen molar-refractivity contribution in [3.63, 3.8) is 0 Å². The van der Waals surface area contributed by atoms with E-state index in [-0.39, 0.29) is 0 Å². The molecule has 0 radical (unpaired) electrons. The molecule has 2 heterocycles. The second-order valence-electron chi connectivity index (χ2n) is 5.57. The van der Waals surface area contributed by atoms with Crippen molar-refractivity contribution in [2.75, 3.05) is 0 Å². The Morgan fingerprint density at radius 1 is 1.10 bits per heavy atom. The van der Waals surface area contributed by atoms with Crippen LogP contribution in [0.4, 0.5) is 0 Å². The number of hydrogen-bond donors (Lipinski definition) is 1. The van der Waals surface area contributed by atoms with Gasteiger partial charge in [0.25, 0.3) is 5.79 Å². The number of aliphatic hydroxyl groups is 1. The third kappa shape index (κ3) is 1.56. The van der Waals surface area contributed by atoms with Crippen molar-refractivity contribution in [2.45, 2.75) is 31.7 Å². The Labute approximate surface area is 117 Å². The Bertz CT molecular complexity index is 680. The number of hydrogen-bond acceptors (Lipinski definition) is 3. The lowest BCUT2D eigenvalue weighted by Crippen LogP contribution is -2.46. The topological polar surface area (TPSA) is 38.7 Å². The molecule has 0 amide bonds. The van der Waals surface area contributed by atoms with Gasteiger partial charge in [0.1, 0.15) is 11.5 Å². The van der Waals surface area contributed by atoms with Crippen molar-refractivity contribution in [3.05, 3.63) is 59.2 Å². The second-order valence-corrected chi connectivity index (χ2v) is 5.57. The SMILES string of the molecule is Cc1ccc2c(c1)[C@H](O)[C@@]1(CCc3ccccc3O1)O2. The summed E-state index contributed by atoms with van der Waals surface area (Å²) >= 11 is 0. The molecule has 2 aliphatic rings. The molecular weight excluding hydrogens is 252 g/mol. The van der Waals surface area contributed by atoms with Gasteiger partial charge in [0, 0.05) is 12.0 Å². The van der Waals surface area contributed by atoms with E-state index in [0.29, 0.717) is 6.42 Å². The summed E-state index contributed by atoms with van der Waals surface area (Å²) in [5, 5.41) is 10.7. The summed E-state index contributed by atoms with van der Waals surface area (Å²) < 4.78 is 12.0. The Balaban J connectivity index is 1.75. The van der Waals surface area contributed by atoms with Crippen molar-refractivity contribution in [3.8, 4) is 11.5 Å². The van der Waals surface area contributed by atoms with E-state index < -0.39 is 11.9 Å². The predicted octanol–water partition coefficient (Wildman–Crippen LogP) is 3.14. The van der Waals surface area contributed by atoms with Crippen LogP contribution in [-0.4, -0.2) is 10.9 Å². The highest BCUT2D eigenvalue weighted by Gasteiger charge is 2.51. The number of rotatable bonds is 0. The summed E-state index contributed by atoms with van der Waals surface area (Å²) in [6, 6.07) is 13.8. The highest BCUT2D eigenvalue weighted by molar-refractivity contribution is 5.45. The van der Waals surface area contributed by atoms with E-state index in [0.717, 1.165) is 29.0 Å². The normalized spacial score (nSPS) is 26.6. The zero-order valence-corrected chi connectivity index (χ0v) is 11.3. The molecule has 0 bridgehead atoms. The minimum absolute atomic E-state index is 0.652. The maximum Gasteiger partial charge on any atom is 0.281 e. The van der Waals surface area contributed by atoms with Gasteiger partial charge in [-0.2, -0.15) is 0 Å². The quantitative estimate of drug-likeness (QED) is 0.797. The summed E-state index contributed by atoms with van der Waals surface area (Å²) in [6.07, 6.45) is 0.754. The molecule has 1 spiro atoms. The van der Waals surface area contributed by atoms with E-state index in [1.807, 2.05) is 43.3 Å². The third-order valence-electron chi connectivity index (χ3n) is 4.16. The zero-order chi connectivity index (χ0) is 13.7. The van der Waals surface area contributed by atoms with E-state index in [1.54, 1.807) is 0 Å². The number of benzene rings is 2. The summed E-state index contributed by atoms with van der Waals surface area (Å²) in [4.78, 5) is 0. The number of aryl methyl sites for hydroxylation is 2. The fourth-order valence-electron chi connectivity index (χ4n) is 3.07. The molecule has 0 saturated heterocycles. The standard InChI is InChI=1S/C17H16O3/c1-11-6-7-15-13(10-11)16(18)17(20-15)9-8-12-4-2-3-5-14(12)19-17/h2-7,10,16,18H,8-9H2,1H3/t16-,17+/m0/s1. The molecule has 20 heavy (non-hydrogen) atoms. The van der Waals surface area contributed by atoms with E-state index >= 15 is 0 Å². The fourth-order valence-corrected chi connectivity index (χ4v) is 3.07. The molecule has 0 aromatic heterocycles. The van der Waals surface area contributed by atoms with Crippen LogP contribution in [0.1, 0.15) is 29.2 Å². The van der Waals surface area contributed by atoms with Crippen LogP contribution in [-0.2, 0) is 6.42 Å². The molecule has 3 heteroatoms. The molecular formula is C17H16O3. The van der Waals surface area contributed by atoms with Gasteiger partial charge in [-0.15, -0.1) is 0 Å². The molecule has 4 rings (SSSR count). The van der Waals surface area contributed by atoms with Crippen molar-refractivity contribution in [1.29, 1.82) is 0 Å². The van der Waals surface area contributed by atoms with Crippen molar-refractivity contribution in [1.82, 2.24) is 0 Å². The Morgan fingerprint density at radius 2 is 1.90 bits per heavy atom. The van der Waals surface area contributed by atoms with E-state index in [2.05, 4.69) is 6.07 Å². The van der Waals surface area contributed by atoms with Gasteiger partial charge in [0.15, 0.2) is 6.10 Å². The van der Waals surface area contributed by atoms with Crippen LogP contribution in [0.25, 0.3) is 0 Å². The van der Waals surface area contributed by atoms with E-state index in [1.165, 1.54) is 5.56 Å². The van der Waals surface area contributed by atoms with Crippen LogP contribution in [0.2, 0.25) is 0 Å². The monoisotopic (exact) mass is 268 g/mol. The predicted molar refractivity (Wildman–Crippen MR) is 74.9 cm³/mol. The largest absolute Gasteiger partial charge is 0.449 e. The Hall–Kier alpha value is -2.00. The second kappa shape index (κ2) is 4.00. The van der Waals surface area contributed by atoms with Gasteiger partial charge in [-0.25, -0.2) is 0 Å². The first-order valence-corrected chi connectivity index (χ1v) is 6.92. The van der Waals surface area contributed by atoms with Gasteiger partial charge in [-0.1, -0.05) is 29.8 Å². The van der Waals surface area contributed by atoms with Crippen molar-refractivity contribution >= 4 is 0 Å². The van der Waals surface area contributed by atoms with E-state index in [4.69, 9.17) is 9.47 Å². The molecule has 3 nitrogen and oxygen atoms in total. The molecule has 102 valence electrons. The minimum Gasteiger partial charge on any atom is -0.449 e. The highest BCUT2D eigenvalue weighted by Crippen LogP contribution is 2.49. The third-order valence-corrected chi connectivity index (χ3v) is 4.16. The number of fused-ring (bicyclic) bond motifs is 2. The van der Waals surface area contributed by atoms with Crippen LogP contribution in [0.15, 0.2) is 42.5 Å². The molecule has 0 saturated carbocycles. The van der Waals surface area contributed by atoms with Crippen LogP contribution in [0, 0.1) is 6.92 Å². The molecule has 2 aliphatic heterocycles. The molecule has 0 unspecified atom stereocenters. The van der Waals surface area contributed by atoms with Crippen molar-refractivity contribution in [2.24, 2.45) is 0 Å². The number of ether oxygens (including phenoxy) is 2. The maximum absolute atomic E-state index is 10.7. The first-order valence-electron chi connectivity index (χ1n) is 6.92. The van der Waals surface area contributed by atoms with Gasteiger partial charge in [0.2, 0.25) is 0 Å². The summed E-state index contributed by atoms with van der Waals surface area (Å²) in [5.41, 5.74) is 3.10. The van der Waals surface area contributed by atoms with Gasteiger partial charge >= 0.3 is 0 Å².